The van der Waals surface area contributed by atoms with Gasteiger partial charge >= 0.3 is 0 Å². The maximum Gasteiger partial charge on any atom is 0.255 e. The fourth-order valence-corrected chi connectivity index (χ4v) is 3.14. The predicted octanol–water partition coefficient (Wildman–Crippen LogP) is 3.94. The number of aromatic amines is 1. The van der Waals surface area contributed by atoms with E-state index in [0.29, 0.717) is 5.56 Å². The molecule has 0 bridgehead atoms. The molecule has 0 atom stereocenters. The van der Waals surface area contributed by atoms with Crippen LogP contribution >= 0.6 is 0 Å². The molecule has 0 saturated heterocycles. The minimum Gasteiger partial charge on any atom is -0.361 e. The number of carbonyl (C=O) groups is 1. The van der Waals surface area contributed by atoms with Gasteiger partial charge in [-0.15, -0.1) is 0 Å². The van der Waals surface area contributed by atoms with Crippen LogP contribution in [0.4, 0.5) is 10.1 Å². The smallest absolute Gasteiger partial charge is 0.255 e. The van der Waals surface area contributed by atoms with Gasteiger partial charge in [0, 0.05) is 40.5 Å². The van der Waals surface area contributed by atoms with E-state index in [0.717, 1.165) is 36.1 Å². The van der Waals surface area contributed by atoms with Gasteiger partial charge in [0.2, 0.25) is 0 Å². The van der Waals surface area contributed by atoms with Gasteiger partial charge in [-0.3, -0.25) is 4.79 Å². The fourth-order valence-electron chi connectivity index (χ4n) is 3.14. The molecule has 1 aliphatic rings. The van der Waals surface area contributed by atoms with E-state index in [9.17, 15) is 9.18 Å². The second-order valence-electron chi connectivity index (χ2n) is 6.11. The summed E-state index contributed by atoms with van der Waals surface area (Å²) in [6, 6.07) is 11.3. The van der Waals surface area contributed by atoms with Crippen molar-refractivity contribution < 1.29 is 9.18 Å². The number of benzene rings is 2. The molecule has 3 aromatic rings. The van der Waals surface area contributed by atoms with Crippen molar-refractivity contribution >= 4 is 28.1 Å². The average Bonchev–Trinajstić information content (AvgIpc) is 3.06. The van der Waals surface area contributed by atoms with Crippen molar-refractivity contribution in [1.82, 2.24) is 10.3 Å². The van der Waals surface area contributed by atoms with Crippen LogP contribution in [0.2, 0.25) is 0 Å². The number of halogens is 1. The second kappa shape index (κ2) is 6.53. The average molecular weight is 335 g/mol. The molecule has 0 radical (unpaired) electrons. The lowest BCUT2D eigenvalue weighted by molar-refractivity contribution is 0.102. The number of aromatic nitrogens is 1. The summed E-state index contributed by atoms with van der Waals surface area (Å²) in [5.41, 5.74) is 4.67. The number of rotatable bonds is 3. The molecule has 1 amide bonds. The Morgan fingerprint density at radius 2 is 1.96 bits per heavy atom. The molecule has 0 spiro atoms. The number of amides is 1. The molecule has 4 nitrogen and oxygen atoms in total. The first-order valence-electron chi connectivity index (χ1n) is 8.29. The van der Waals surface area contributed by atoms with E-state index in [1.165, 1.54) is 35.4 Å². The zero-order chi connectivity index (χ0) is 17.2. The van der Waals surface area contributed by atoms with Crippen LogP contribution in [0.25, 0.3) is 16.5 Å². The Morgan fingerprint density at radius 3 is 2.72 bits per heavy atom. The van der Waals surface area contributed by atoms with Crippen molar-refractivity contribution in [1.29, 1.82) is 0 Å². The maximum atomic E-state index is 13.0. The van der Waals surface area contributed by atoms with Gasteiger partial charge in [-0.25, -0.2) is 4.39 Å². The van der Waals surface area contributed by atoms with E-state index >= 15 is 0 Å². The highest BCUT2D eigenvalue weighted by Crippen LogP contribution is 2.30. The SMILES string of the molecule is O=C(Nc1ccc2[nH]cc(C3=CCNCC3)c2c1)c1ccc(F)cc1. The molecule has 0 fully saturated rings. The zero-order valence-corrected chi connectivity index (χ0v) is 13.6. The zero-order valence-electron chi connectivity index (χ0n) is 13.6. The van der Waals surface area contributed by atoms with Crippen molar-refractivity contribution in [2.45, 2.75) is 6.42 Å². The molecular weight excluding hydrogens is 317 g/mol. The van der Waals surface area contributed by atoms with Crippen molar-refractivity contribution in [3.05, 3.63) is 71.7 Å². The van der Waals surface area contributed by atoms with Gasteiger partial charge in [-0.2, -0.15) is 0 Å². The van der Waals surface area contributed by atoms with Crippen molar-refractivity contribution in [2.75, 3.05) is 18.4 Å². The first-order valence-corrected chi connectivity index (χ1v) is 8.29. The molecule has 2 heterocycles. The summed E-state index contributed by atoms with van der Waals surface area (Å²) >= 11 is 0. The molecule has 0 saturated carbocycles. The number of fused-ring (bicyclic) bond motifs is 1. The Labute approximate surface area is 144 Å². The fraction of sp³-hybridized carbons (Fsp3) is 0.150. The van der Waals surface area contributed by atoms with Crippen LogP contribution in [0.5, 0.6) is 0 Å². The van der Waals surface area contributed by atoms with Gasteiger partial charge in [0.15, 0.2) is 0 Å². The number of H-pyrrole nitrogens is 1. The lowest BCUT2D eigenvalue weighted by Gasteiger charge is -2.13. The van der Waals surface area contributed by atoms with E-state index < -0.39 is 0 Å². The molecule has 0 aliphatic carbocycles. The molecule has 0 unspecified atom stereocenters. The van der Waals surface area contributed by atoms with Gasteiger partial charge < -0.3 is 15.6 Å². The third-order valence-electron chi connectivity index (χ3n) is 4.46. The number of carbonyl (C=O) groups excluding carboxylic acids is 1. The largest absolute Gasteiger partial charge is 0.361 e. The van der Waals surface area contributed by atoms with Crippen LogP contribution in [0.3, 0.4) is 0 Å². The van der Waals surface area contributed by atoms with E-state index in [1.54, 1.807) is 0 Å². The molecule has 5 heteroatoms. The molecule has 3 N–H and O–H groups in total. The van der Waals surface area contributed by atoms with Gasteiger partial charge in [0.05, 0.1) is 0 Å². The summed E-state index contributed by atoms with van der Waals surface area (Å²) in [5.74, 6) is -0.609. The van der Waals surface area contributed by atoms with Crippen LogP contribution in [-0.4, -0.2) is 24.0 Å². The molecule has 126 valence electrons. The minimum atomic E-state index is -0.356. The Morgan fingerprint density at radius 1 is 1.12 bits per heavy atom. The Balaban J connectivity index is 1.63. The van der Waals surface area contributed by atoms with E-state index in [2.05, 4.69) is 21.7 Å². The Hall–Kier alpha value is -2.92. The highest BCUT2D eigenvalue weighted by atomic mass is 19.1. The topological polar surface area (TPSA) is 56.9 Å². The van der Waals surface area contributed by atoms with Gasteiger partial charge in [-0.1, -0.05) is 6.08 Å². The van der Waals surface area contributed by atoms with E-state index in [4.69, 9.17) is 0 Å². The van der Waals surface area contributed by atoms with E-state index in [-0.39, 0.29) is 11.7 Å². The maximum absolute atomic E-state index is 13.0. The van der Waals surface area contributed by atoms with Crippen LogP contribution in [0.1, 0.15) is 22.3 Å². The summed E-state index contributed by atoms with van der Waals surface area (Å²) in [6.45, 7) is 1.85. The first kappa shape index (κ1) is 15.6. The van der Waals surface area contributed by atoms with Crippen molar-refractivity contribution in [2.24, 2.45) is 0 Å². The highest BCUT2D eigenvalue weighted by molar-refractivity contribution is 6.05. The van der Waals surface area contributed by atoms with Gasteiger partial charge in [-0.05, 0) is 61.0 Å². The molecule has 2 aromatic carbocycles. The monoisotopic (exact) mass is 335 g/mol. The summed E-state index contributed by atoms with van der Waals surface area (Å²) in [5, 5.41) is 7.28. The molecule has 4 rings (SSSR count). The number of anilines is 1. The molecular formula is C20H18FN3O. The highest BCUT2D eigenvalue weighted by Gasteiger charge is 2.12. The summed E-state index contributed by atoms with van der Waals surface area (Å²) in [4.78, 5) is 15.6. The van der Waals surface area contributed by atoms with Crippen LogP contribution in [0.15, 0.2) is 54.7 Å². The van der Waals surface area contributed by atoms with Crippen LogP contribution < -0.4 is 10.6 Å². The third-order valence-corrected chi connectivity index (χ3v) is 4.46. The standard InChI is InChI=1S/C20H18FN3O/c21-15-3-1-14(2-4-15)20(25)24-16-5-6-19-17(11-16)18(12-23-19)13-7-9-22-10-8-13/h1-7,11-12,22-23H,8-10H2,(H,24,25). The number of hydrogen-bond acceptors (Lipinski definition) is 2. The summed E-state index contributed by atoms with van der Waals surface area (Å²) < 4.78 is 13.0. The van der Waals surface area contributed by atoms with Gasteiger partial charge in [0.1, 0.15) is 5.82 Å². The number of nitrogens with one attached hydrogen (secondary N) is 3. The van der Waals surface area contributed by atoms with E-state index in [1.807, 2.05) is 24.4 Å². The van der Waals surface area contributed by atoms with Crippen LogP contribution in [-0.2, 0) is 0 Å². The lowest BCUT2D eigenvalue weighted by atomic mass is 9.99. The second-order valence-corrected chi connectivity index (χ2v) is 6.11. The quantitative estimate of drug-likeness (QED) is 0.679. The summed E-state index contributed by atoms with van der Waals surface area (Å²) in [6.07, 6.45) is 5.21. The normalized spacial score (nSPS) is 14.4. The van der Waals surface area contributed by atoms with Crippen molar-refractivity contribution in [3.8, 4) is 0 Å². The van der Waals surface area contributed by atoms with Crippen molar-refractivity contribution in [3.63, 3.8) is 0 Å². The molecule has 1 aliphatic heterocycles. The Kier molecular flexibility index (Phi) is 4.07. The lowest BCUT2D eigenvalue weighted by Crippen LogP contribution is -2.19. The third kappa shape index (κ3) is 3.19. The predicted molar refractivity (Wildman–Crippen MR) is 98.1 cm³/mol. The summed E-state index contributed by atoms with van der Waals surface area (Å²) in [7, 11) is 0. The molecule has 25 heavy (non-hydrogen) atoms. The van der Waals surface area contributed by atoms with Gasteiger partial charge in [0.25, 0.3) is 5.91 Å². The number of hydrogen-bond donors (Lipinski definition) is 3. The van der Waals surface area contributed by atoms with Crippen LogP contribution in [0, 0.1) is 5.82 Å². The Bertz CT molecular complexity index is 957. The molecule has 1 aromatic heterocycles. The first-order chi connectivity index (χ1) is 12.2. The minimum absolute atomic E-state index is 0.252.